The Morgan fingerprint density at radius 1 is 1.15 bits per heavy atom. The first-order valence-corrected chi connectivity index (χ1v) is 6.95. The predicted octanol–water partition coefficient (Wildman–Crippen LogP) is 4.25. The lowest BCUT2D eigenvalue weighted by atomic mass is 10.1. The average Bonchev–Trinajstić information content (AvgIpc) is 2.46. The summed E-state index contributed by atoms with van der Waals surface area (Å²) >= 11 is 5.66. The zero-order valence-electron chi connectivity index (χ0n) is 10.9. The number of hydrogen-bond donors (Lipinski definition) is 1. The van der Waals surface area contributed by atoms with Crippen molar-refractivity contribution in [3.63, 3.8) is 0 Å². The lowest BCUT2D eigenvalue weighted by molar-refractivity contribution is 0.102. The van der Waals surface area contributed by atoms with Gasteiger partial charge in [-0.05, 0) is 42.7 Å². The van der Waals surface area contributed by atoms with E-state index in [0.717, 1.165) is 18.4 Å². The van der Waals surface area contributed by atoms with Crippen molar-refractivity contribution in [1.29, 1.82) is 0 Å². The average molecular weight is 292 g/mol. The largest absolute Gasteiger partial charge is 0.322 e. The lowest BCUT2D eigenvalue weighted by Gasteiger charge is -2.08. The third kappa shape index (κ3) is 3.81. The normalized spacial score (nSPS) is 10.3. The molecule has 2 rings (SSSR count). The van der Waals surface area contributed by atoms with Crippen LogP contribution in [0.2, 0.25) is 0 Å². The maximum absolute atomic E-state index is 13.5. The van der Waals surface area contributed by atoms with Crippen LogP contribution in [-0.4, -0.2) is 11.8 Å². The molecule has 1 N–H and O–H groups in total. The van der Waals surface area contributed by atoms with Crippen molar-refractivity contribution in [2.75, 3.05) is 11.2 Å². The molecule has 1 amide bonds. The zero-order chi connectivity index (χ0) is 14.4. The molecule has 2 aromatic carbocycles. The van der Waals surface area contributed by atoms with Crippen molar-refractivity contribution >= 4 is 23.2 Å². The molecule has 0 heterocycles. The molecule has 0 radical (unpaired) electrons. The molecule has 0 aliphatic carbocycles. The topological polar surface area (TPSA) is 29.1 Å². The van der Waals surface area contributed by atoms with Gasteiger partial charge in [-0.1, -0.05) is 24.3 Å². The summed E-state index contributed by atoms with van der Waals surface area (Å²) in [6, 6.07) is 13.4. The smallest absolute Gasteiger partial charge is 0.258 e. The fraction of sp³-hybridized carbons (Fsp3) is 0.188. The summed E-state index contributed by atoms with van der Waals surface area (Å²) in [5.41, 5.74) is 1.79. The third-order valence-corrected chi connectivity index (χ3v) is 3.17. The maximum Gasteiger partial charge on any atom is 0.258 e. The molecule has 0 fully saturated rings. The molecular formula is C16H15ClFNO. The number of rotatable bonds is 5. The number of hydrogen-bond acceptors (Lipinski definition) is 1. The van der Waals surface area contributed by atoms with Crippen LogP contribution in [0.1, 0.15) is 22.3 Å². The Morgan fingerprint density at radius 3 is 2.70 bits per heavy atom. The monoisotopic (exact) mass is 291 g/mol. The molecule has 0 bridgehead atoms. The Bertz CT molecular complexity index is 601. The van der Waals surface area contributed by atoms with Gasteiger partial charge in [-0.25, -0.2) is 4.39 Å². The maximum atomic E-state index is 13.5. The molecule has 0 aliphatic heterocycles. The van der Waals surface area contributed by atoms with E-state index in [2.05, 4.69) is 5.32 Å². The van der Waals surface area contributed by atoms with E-state index in [9.17, 15) is 9.18 Å². The highest BCUT2D eigenvalue weighted by Crippen LogP contribution is 2.15. The number of nitrogens with one attached hydrogen (secondary N) is 1. The molecule has 0 aromatic heterocycles. The van der Waals surface area contributed by atoms with Crippen LogP contribution in [-0.2, 0) is 6.42 Å². The van der Waals surface area contributed by atoms with E-state index in [1.165, 1.54) is 12.1 Å². The van der Waals surface area contributed by atoms with Gasteiger partial charge in [0.05, 0.1) is 5.56 Å². The number of carbonyl (C=O) groups excluding carboxylic acids is 1. The molecule has 0 saturated heterocycles. The number of benzene rings is 2. The van der Waals surface area contributed by atoms with Gasteiger partial charge in [0.15, 0.2) is 0 Å². The Morgan fingerprint density at radius 2 is 1.95 bits per heavy atom. The second-order valence-corrected chi connectivity index (χ2v) is 4.80. The summed E-state index contributed by atoms with van der Waals surface area (Å²) in [5.74, 6) is -0.368. The number of amides is 1. The first-order valence-electron chi connectivity index (χ1n) is 6.41. The van der Waals surface area contributed by atoms with Crippen molar-refractivity contribution in [2.24, 2.45) is 0 Å². The number of aryl methyl sites for hydroxylation is 1. The van der Waals surface area contributed by atoms with Crippen LogP contribution in [0.5, 0.6) is 0 Å². The Labute approximate surface area is 122 Å². The van der Waals surface area contributed by atoms with E-state index in [-0.39, 0.29) is 5.56 Å². The Hall–Kier alpha value is -1.87. The second-order valence-electron chi connectivity index (χ2n) is 4.43. The molecule has 20 heavy (non-hydrogen) atoms. The quantitative estimate of drug-likeness (QED) is 0.820. The summed E-state index contributed by atoms with van der Waals surface area (Å²) in [6.45, 7) is 0. The highest BCUT2D eigenvalue weighted by Gasteiger charge is 2.10. The van der Waals surface area contributed by atoms with E-state index < -0.39 is 11.7 Å². The molecule has 4 heteroatoms. The van der Waals surface area contributed by atoms with Crippen LogP contribution in [0.15, 0.2) is 48.5 Å². The predicted molar refractivity (Wildman–Crippen MR) is 79.8 cm³/mol. The summed E-state index contributed by atoms with van der Waals surface area (Å²) in [4.78, 5) is 12.0. The minimum absolute atomic E-state index is 0.0404. The van der Waals surface area contributed by atoms with Crippen LogP contribution < -0.4 is 5.32 Å². The summed E-state index contributed by atoms with van der Waals surface area (Å²) in [6.07, 6.45) is 1.74. The van der Waals surface area contributed by atoms with Crippen molar-refractivity contribution in [3.8, 4) is 0 Å². The van der Waals surface area contributed by atoms with Gasteiger partial charge in [0, 0.05) is 11.6 Å². The molecule has 2 nitrogen and oxygen atoms in total. The van der Waals surface area contributed by atoms with Crippen molar-refractivity contribution < 1.29 is 9.18 Å². The van der Waals surface area contributed by atoms with Crippen LogP contribution in [0, 0.1) is 5.82 Å². The SMILES string of the molecule is O=C(Nc1cccc(CCCCl)c1)c1ccccc1F. The Balaban J connectivity index is 2.10. The Kier molecular flexibility index (Phi) is 5.13. The van der Waals surface area contributed by atoms with Gasteiger partial charge < -0.3 is 5.32 Å². The molecule has 0 atom stereocenters. The number of carbonyl (C=O) groups is 1. The minimum atomic E-state index is -0.525. The van der Waals surface area contributed by atoms with Gasteiger partial charge in [-0.2, -0.15) is 0 Å². The lowest BCUT2D eigenvalue weighted by Crippen LogP contribution is -2.13. The first kappa shape index (κ1) is 14.5. The van der Waals surface area contributed by atoms with Gasteiger partial charge in [0.2, 0.25) is 0 Å². The van der Waals surface area contributed by atoms with E-state index in [0.29, 0.717) is 11.6 Å². The van der Waals surface area contributed by atoms with Crippen molar-refractivity contribution in [1.82, 2.24) is 0 Å². The van der Waals surface area contributed by atoms with Crippen molar-refractivity contribution in [2.45, 2.75) is 12.8 Å². The van der Waals surface area contributed by atoms with Crippen LogP contribution in [0.25, 0.3) is 0 Å². The fourth-order valence-electron chi connectivity index (χ4n) is 1.92. The van der Waals surface area contributed by atoms with Crippen molar-refractivity contribution in [3.05, 3.63) is 65.5 Å². The van der Waals surface area contributed by atoms with E-state index >= 15 is 0 Å². The standard InChI is InChI=1S/C16H15ClFNO/c17-10-4-6-12-5-3-7-13(11-12)19-16(20)14-8-1-2-9-15(14)18/h1-3,5,7-9,11H,4,6,10H2,(H,19,20). The van der Waals surface area contributed by atoms with Gasteiger partial charge in [-0.3, -0.25) is 4.79 Å². The highest BCUT2D eigenvalue weighted by molar-refractivity contribution is 6.17. The van der Waals surface area contributed by atoms with Gasteiger partial charge in [0.1, 0.15) is 5.82 Å². The molecule has 0 unspecified atom stereocenters. The molecule has 104 valence electrons. The third-order valence-electron chi connectivity index (χ3n) is 2.90. The van der Waals surface area contributed by atoms with Gasteiger partial charge >= 0.3 is 0 Å². The molecule has 0 saturated carbocycles. The molecule has 0 spiro atoms. The number of anilines is 1. The fourth-order valence-corrected chi connectivity index (χ4v) is 2.05. The minimum Gasteiger partial charge on any atom is -0.322 e. The zero-order valence-corrected chi connectivity index (χ0v) is 11.7. The van der Waals surface area contributed by atoms with E-state index in [1.54, 1.807) is 18.2 Å². The van der Waals surface area contributed by atoms with Crippen LogP contribution >= 0.6 is 11.6 Å². The van der Waals surface area contributed by atoms with E-state index in [4.69, 9.17) is 11.6 Å². The van der Waals surface area contributed by atoms with Crippen LogP contribution in [0.4, 0.5) is 10.1 Å². The second kappa shape index (κ2) is 7.06. The number of alkyl halides is 1. The first-order chi connectivity index (χ1) is 9.70. The molecule has 0 aliphatic rings. The summed E-state index contributed by atoms with van der Waals surface area (Å²) < 4.78 is 13.5. The van der Waals surface area contributed by atoms with Gasteiger partial charge in [0.25, 0.3) is 5.91 Å². The van der Waals surface area contributed by atoms with Gasteiger partial charge in [-0.15, -0.1) is 11.6 Å². The molecule has 2 aromatic rings. The van der Waals surface area contributed by atoms with E-state index in [1.807, 2.05) is 18.2 Å². The highest BCUT2D eigenvalue weighted by atomic mass is 35.5. The number of halogens is 2. The molecular weight excluding hydrogens is 277 g/mol. The summed E-state index contributed by atoms with van der Waals surface area (Å²) in [5, 5.41) is 2.70. The summed E-state index contributed by atoms with van der Waals surface area (Å²) in [7, 11) is 0. The van der Waals surface area contributed by atoms with Crippen LogP contribution in [0.3, 0.4) is 0 Å².